The lowest BCUT2D eigenvalue weighted by atomic mass is 10.00. The van der Waals surface area contributed by atoms with Crippen LogP contribution in [0.25, 0.3) is 0 Å². The fourth-order valence-corrected chi connectivity index (χ4v) is 6.00. The van der Waals surface area contributed by atoms with Crippen LogP contribution in [0.15, 0.2) is 59.7 Å². The van der Waals surface area contributed by atoms with E-state index in [1.807, 2.05) is 59.5 Å². The fraction of sp³-hybridized carbons (Fsp3) is 0.483. The lowest BCUT2D eigenvalue weighted by Gasteiger charge is -2.24. The van der Waals surface area contributed by atoms with Crippen molar-refractivity contribution in [3.63, 3.8) is 0 Å². The van der Waals surface area contributed by atoms with Gasteiger partial charge >= 0.3 is 0 Å². The van der Waals surface area contributed by atoms with Gasteiger partial charge in [-0.05, 0) is 48.9 Å². The normalized spacial score (nSPS) is 20.1. The number of hydrogen-bond donors (Lipinski definition) is 1. The molecule has 1 saturated carbocycles. The maximum atomic E-state index is 12.8. The number of benzene rings is 2. The van der Waals surface area contributed by atoms with E-state index < -0.39 is 0 Å². The Bertz CT molecular complexity index is 977. The summed E-state index contributed by atoms with van der Waals surface area (Å²) in [5.41, 5.74) is 6.67. The van der Waals surface area contributed by atoms with Gasteiger partial charge in [-0.15, -0.1) is 11.8 Å². The molecule has 0 unspecified atom stereocenters. The number of thioether (sulfide) groups is 1. The summed E-state index contributed by atoms with van der Waals surface area (Å²) in [6.45, 7) is 0.594. The first-order valence-electron chi connectivity index (χ1n) is 13.1. The van der Waals surface area contributed by atoms with Gasteiger partial charge in [-0.3, -0.25) is 9.59 Å². The highest BCUT2D eigenvalue weighted by Gasteiger charge is 2.32. The average molecular weight is 492 g/mol. The number of hydrazone groups is 1. The first-order chi connectivity index (χ1) is 17.2. The highest BCUT2D eigenvalue weighted by molar-refractivity contribution is 8.00. The molecule has 0 spiro atoms. The molecule has 1 atom stereocenters. The summed E-state index contributed by atoms with van der Waals surface area (Å²) in [7, 11) is 0. The van der Waals surface area contributed by atoms with E-state index in [9.17, 15) is 9.59 Å². The molecule has 1 saturated heterocycles. The quantitative estimate of drug-likeness (QED) is 0.465. The molecular weight excluding hydrogens is 454 g/mol. The Kier molecular flexibility index (Phi) is 9.82. The Labute approximate surface area is 213 Å². The van der Waals surface area contributed by atoms with Crippen LogP contribution in [0.2, 0.25) is 0 Å². The minimum absolute atomic E-state index is 0.0312. The first kappa shape index (κ1) is 25.5. The Morgan fingerprint density at radius 3 is 2.09 bits per heavy atom. The largest absolute Gasteiger partial charge is 0.322 e. The number of rotatable bonds is 5. The van der Waals surface area contributed by atoms with Gasteiger partial charge in [0.25, 0.3) is 5.91 Å². The molecule has 0 bridgehead atoms. The second-order valence-corrected chi connectivity index (χ2v) is 10.7. The van der Waals surface area contributed by atoms with Gasteiger partial charge in [0.15, 0.2) is 0 Å². The van der Waals surface area contributed by atoms with Crippen LogP contribution in [0.1, 0.15) is 97.5 Å². The highest BCUT2D eigenvalue weighted by atomic mass is 32.2. The van der Waals surface area contributed by atoms with Gasteiger partial charge in [0.2, 0.25) is 5.91 Å². The van der Waals surface area contributed by atoms with Crippen LogP contribution in [0, 0.1) is 0 Å². The summed E-state index contributed by atoms with van der Waals surface area (Å²) in [6.07, 6.45) is 13.4. The van der Waals surface area contributed by atoms with E-state index >= 15 is 0 Å². The summed E-state index contributed by atoms with van der Waals surface area (Å²) in [6, 6.07) is 17.7. The number of nitrogens with one attached hydrogen (secondary N) is 1. The SMILES string of the molecule is O=C(NN=C1CCCCCCCCCCC1)c1ccc([C@H]2SCC(=O)N2Cc2ccccc2)cc1. The zero-order valence-corrected chi connectivity index (χ0v) is 21.4. The molecule has 2 aromatic carbocycles. The molecule has 2 aromatic rings. The van der Waals surface area contributed by atoms with Crippen LogP contribution in [0.5, 0.6) is 0 Å². The average Bonchev–Trinajstić information content (AvgIpc) is 3.24. The predicted molar refractivity (Wildman–Crippen MR) is 144 cm³/mol. The Morgan fingerprint density at radius 1 is 0.857 bits per heavy atom. The second kappa shape index (κ2) is 13.5. The summed E-state index contributed by atoms with van der Waals surface area (Å²) < 4.78 is 0. The van der Waals surface area contributed by atoms with Crippen LogP contribution >= 0.6 is 11.8 Å². The van der Waals surface area contributed by atoms with E-state index in [4.69, 9.17) is 0 Å². The van der Waals surface area contributed by atoms with E-state index in [2.05, 4.69) is 10.5 Å². The molecule has 2 fully saturated rings. The van der Waals surface area contributed by atoms with Crippen molar-refractivity contribution in [1.29, 1.82) is 0 Å². The Morgan fingerprint density at radius 2 is 1.46 bits per heavy atom. The minimum atomic E-state index is -0.175. The molecule has 2 aliphatic rings. The summed E-state index contributed by atoms with van der Waals surface area (Å²) in [5, 5.41) is 4.49. The van der Waals surface area contributed by atoms with Crippen LogP contribution in [0.4, 0.5) is 0 Å². The van der Waals surface area contributed by atoms with Gasteiger partial charge in [-0.2, -0.15) is 5.10 Å². The van der Waals surface area contributed by atoms with Crippen LogP contribution < -0.4 is 5.43 Å². The zero-order chi connectivity index (χ0) is 24.3. The van der Waals surface area contributed by atoms with Gasteiger partial charge in [-0.25, -0.2) is 5.43 Å². The van der Waals surface area contributed by atoms with E-state index in [-0.39, 0.29) is 17.2 Å². The molecule has 5 nitrogen and oxygen atoms in total. The van der Waals surface area contributed by atoms with Crippen molar-refractivity contribution < 1.29 is 9.59 Å². The molecule has 6 heteroatoms. The summed E-state index contributed by atoms with van der Waals surface area (Å²) >= 11 is 1.64. The van der Waals surface area contributed by atoms with E-state index in [0.29, 0.717) is 17.9 Å². The maximum absolute atomic E-state index is 12.8. The number of carbonyl (C=O) groups is 2. The van der Waals surface area contributed by atoms with E-state index in [1.54, 1.807) is 11.8 Å². The van der Waals surface area contributed by atoms with Gasteiger partial charge in [0.05, 0.1) is 5.75 Å². The number of hydrogen-bond acceptors (Lipinski definition) is 4. The predicted octanol–water partition coefficient (Wildman–Crippen LogP) is 6.85. The highest BCUT2D eigenvalue weighted by Crippen LogP contribution is 2.39. The van der Waals surface area contributed by atoms with Crippen LogP contribution in [0.3, 0.4) is 0 Å². The third-order valence-corrected chi connectivity index (χ3v) is 8.12. The molecule has 186 valence electrons. The lowest BCUT2D eigenvalue weighted by molar-refractivity contribution is -0.128. The van der Waals surface area contributed by atoms with Crippen molar-refractivity contribution in [3.05, 3.63) is 71.3 Å². The van der Waals surface area contributed by atoms with Gasteiger partial charge in [-0.1, -0.05) is 87.4 Å². The third kappa shape index (κ3) is 7.69. The maximum Gasteiger partial charge on any atom is 0.271 e. The first-order valence-corrected chi connectivity index (χ1v) is 14.2. The molecule has 1 aliphatic carbocycles. The van der Waals surface area contributed by atoms with Crippen molar-refractivity contribution in [1.82, 2.24) is 10.3 Å². The molecule has 1 aliphatic heterocycles. The monoisotopic (exact) mass is 491 g/mol. The van der Waals surface area contributed by atoms with Crippen molar-refractivity contribution in [3.8, 4) is 0 Å². The molecule has 1 heterocycles. The number of amides is 2. The zero-order valence-electron chi connectivity index (χ0n) is 20.6. The number of nitrogens with zero attached hydrogens (tertiary/aromatic N) is 2. The van der Waals surface area contributed by atoms with Gasteiger partial charge in [0.1, 0.15) is 5.37 Å². The van der Waals surface area contributed by atoms with Crippen molar-refractivity contribution in [2.45, 2.75) is 82.5 Å². The van der Waals surface area contributed by atoms with Crippen molar-refractivity contribution >= 4 is 29.3 Å². The van der Waals surface area contributed by atoms with E-state index in [0.717, 1.165) is 42.5 Å². The van der Waals surface area contributed by atoms with Crippen molar-refractivity contribution in [2.75, 3.05) is 5.75 Å². The van der Waals surface area contributed by atoms with Gasteiger partial charge in [0, 0.05) is 17.8 Å². The second-order valence-electron chi connectivity index (χ2n) is 9.59. The molecule has 1 N–H and O–H groups in total. The Hall–Kier alpha value is -2.60. The summed E-state index contributed by atoms with van der Waals surface area (Å²) in [5.74, 6) is 0.460. The van der Waals surface area contributed by atoms with Crippen LogP contribution in [-0.4, -0.2) is 28.2 Å². The summed E-state index contributed by atoms with van der Waals surface area (Å²) in [4.78, 5) is 27.2. The molecule has 4 rings (SSSR count). The standard InChI is InChI=1S/C29H37N3O2S/c33-27-22-35-29(32(27)21-23-13-9-8-10-14-23)25-19-17-24(18-20-25)28(34)31-30-26-15-11-6-4-2-1-3-5-7-12-16-26/h8-10,13-14,17-20,29H,1-7,11-12,15-16,21-22H2,(H,31,34)/t29-/m1/s1. The molecule has 0 radical (unpaired) electrons. The molecule has 0 aromatic heterocycles. The fourth-order valence-electron chi connectivity index (χ4n) is 4.81. The molecule has 35 heavy (non-hydrogen) atoms. The lowest BCUT2D eigenvalue weighted by Crippen LogP contribution is -2.27. The van der Waals surface area contributed by atoms with Crippen molar-refractivity contribution in [2.24, 2.45) is 5.10 Å². The third-order valence-electron chi connectivity index (χ3n) is 6.87. The van der Waals surface area contributed by atoms with E-state index in [1.165, 1.54) is 44.9 Å². The number of carbonyl (C=O) groups excluding carboxylic acids is 2. The molecular formula is C29H37N3O2S. The minimum Gasteiger partial charge on any atom is -0.322 e. The molecule has 2 amide bonds. The van der Waals surface area contributed by atoms with Crippen LogP contribution in [-0.2, 0) is 11.3 Å². The smallest absolute Gasteiger partial charge is 0.271 e. The Balaban J connectivity index is 1.35. The topological polar surface area (TPSA) is 61.8 Å². The van der Waals surface area contributed by atoms with Gasteiger partial charge < -0.3 is 4.90 Å².